The smallest absolute Gasteiger partial charge is 0.137 e. The molecule has 0 unspecified atom stereocenters. The first-order valence-corrected chi connectivity index (χ1v) is 22.8. The van der Waals surface area contributed by atoms with Crippen LogP contribution in [0.4, 0.5) is 34.4 Å². The molecule has 318 valence electrons. The van der Waals surface area contributed by atoms with E-state index >= 15 is 0 Å². The van der Waals surface area contributed by atoms with Gasteiger partial charge in [0.1, 0.15) is 11.6 Å². The minimum atomic E-state index is -0.169. The summed E-state index contributed by atoms with van der Waals surface area (Å²) in [6.45, 7) is 9.38. The topological polar surface area (TPSA) is 32.3 Å². The molecule has 4 nitrogen and oxygen atoms in total. The minimum absolute atomic E-state index is 0.169. The van der Waals surface area contributed by atoms with Crippen LogP contribution in [0.1, 0.15) is 72.2 Å². The first kappa shape index (κ1) is 40.7. The quantitative estimate of drug-likeness (QED) is 0.128. The fraction of sp³-hybridized carbons (Fsp3) is 0.0968. The molecule has 2 aliphatic carbocycles. The standard InChI is InChI=1S/C62H50N4/c1-61(2)55-39-45(29-33-51(55)53-35-31-49(41-57(53)61)65(47-15-7-5-8-16-47)59-19-11-13-37-63-59)27-25-43-21-23-44(24-22-43)26-28-46-30-34-52-54-36-32-50(42-58(54)62(3,4)56(52)40-46)66(48-17-9-6-10-18-48)60-20-12-14-38-64-60/h5-42H,1-4H3. The van der Waals surface area contributed by atoms with E-state index in [0.29, 0.717) is 0 Å². The van der Waals surface area contributed by atoms with Crippen molar-refractivity contribution in [1.82, 2.24) is 9.97 Å². The Morgan fingerprint density at radius 2 is 0.652 bits per heavy atom. The Bertz CT molecular complexity index is 2980. The third kappa shape index (κ3) is 7.31. The third-order valence-corrected chi connectivity index (χ3v) is 13.5. The van der Waals surface area contributed by atoms with E-state index in [4.69, 9.17) is 9.97 Å². The molecule has 2 aliphatic rings. The van der Waals surface area contributed by atoms with Crippen molar-refractivity contribution >= 4 is 58.7 Å². The van der Waals surface area contributed by atoms with Gasteiger partial charge in [-0.3, -0.25) is 9.80 Å². The van der Waals surface area contributed by atoms with Crippen LogP contribution in [-0.2, 0) is 10.8 Å². The fourth-order valence-corrected chi connectivity index (χ4v) is 10.0. The Hall–Kier alpha value is -8.08. The molecular formula is C62H50N4. The van der Waals surface area contributed by atoms with Crippen LogP contribution in [0.3, 0.4) is 0 Å². The molecule has 2 aromatic heterocycles. The summed E-state index contributed by atoms with van der Waals surface area (Å²) >= 11 is 0. The monoisotopic (exact) mass is 850 g/mol. The molecule has 9 aromatic rings. The van der Waals surface area contributed by atoms with Gasteiger partial charge in [0.25, 0.3) is 0 Å². The van der Waals surface area contributed by atoms with Gasteiger partial charge in [-0.1, -0.05) is 173 Å². The van der Waals surface area contributed by atoms with Crippen molar-refractivity contribution in [2.75, 3.05) is 9.80 Å². The fourth-order valence-electron chi connectivity index (χ4n) is 10.0. The Labute approximate surface area is 388 Å². The highest BCUT2D eigenvalue weighted by Crippen LogP contribution is 2.52. The number of nitrogens with zero attached hydrogens (tertiary/aromatic N) is 4. The normalized spacial score (nSPS) is 13.9. The number of aromatic nitrogens is 2. The second-order valence-electron chi connectivity index (χ2n) is 18.4. The molecule has 0 saturated heterocycles. The zero-order chi connectivity index (χ0) is 44.8. The van der Waals surface area contributed by atoms with Crippen molar-refractivity contribution in [3.63, 3.8) is 0 Å². The lowest BCUT2D eigenvalue weighted by Gasteiger charge is -2.27. The lowest BCUT2D eigenvalue weighted by molar-refractivity contribution is 0.660. The van der Waals surface area contributed by atoms with E-state index < -0.39 is 0 Å². The van der Waals surface area contributed by atoms with Gasteiger partial charge in [0, 0.05) is 46.0 Å². The molecule has 66 heavy (non-hydrogen) atoms. The predicted molar refractivity (Wildman–Crippen MR) is 277 cm³/mol. The van der Waals surface area contributed by atoms with Crippen LogP contribution in [-0.4, -0.2) is 9.97 Å². The van der Waals surface area contributed by atoms with Crippen molar-refractivity contribution in [3.05, 3.63) is 251 Å². The van der Waals surface area contributed by atoms with Gasteiger partial charge in [-0.2, -0.15) is 0 Å². The molecule has 0 bridgehead atoms. The Kier molecular flexibility index (Phi) is 10.2. The van der Waals surface area contributed by atoms with Crippen LogP contribution >= 0.6 is 0 Å². The number of benzene rings is 7. The summed E-state index contributed by atoms with van der Waals surface area (Å²) in [5.41, 5.74) is 19.3. The zero-order valence-corrected chi connectivity index (χ0v) is 37.7. The van der Waals surface area contributed by atoms with Gasteiger partial charge in [-0.25, -0.2) is 9.97 Å². The number of para-hydroxylation sites is 2. The first-order valence-electron chi connectivity index (χ1n) is 22.8. The van der Waals surface area contributed by atoms with Crippen LogP contribution in [0, 0.1) is 0 Å². The van der Waals surface area contributed by atoms with E-state index in [-0.39, 0.29) is 10.8 Å². The number of fused-ring (bicyclic) bond motifs is 6. The Balaban J connectivity index is 0.796. The van der Waals surface area contributed by atoms with Gasteiger partial charge < -0.3 is 0 Å². The predicted octanol–water partition coefficient (Wildman–Crippen LogP) is 16.4. The molecule has 0 saturated carbocycles. The number of hydrogen-bond acceptors (Lipinski definition) is 4. The van der Waals surface area contributed by atoms with Crippen LogP contribution < -0.4 is 9.80 Å². The number of anilines is 6. The van der Waals surface area contributed by atoms with Crippen LogP contribution in [0.5, 0.6) is 0 Å². The molecule has 0 N–H and O–H groups in total. The number of hydrogen-bond donors (Lipinski definition) is 0. The first-order chi connectivity index (χ1) is 32.2. The van der Waals surface area contributed by atoms with Gasteiger partial charge in [0.2, 0.25) is 0 Å². The van der Waals surface area contributed by atoms with E-state index in [2.05, 4.69) is 232 Å². The second-order valence-corrected chi connectivity index (χ2v) is 18.4. The van der Waals surface area contributed by atoms with Crippen molar-refractivity contribution in [1.29, 1.82) is 0 Å². The van der Waals surface area contributed by atoms with E-state index in [1.165, 1.54) is 66.8 Å². The minimum Gasteiger partial charge on any atom is -0.295 e. The Morgan fingerprint density at radius 3 is 1.03 bits per heavy atom. The SMILES string of the molecule is CC1(C)c2cc(C=Cc3ccc(C=Cc4ccc5c(c4)C(C)(C)c4cc(N(c6ccccc6)c6ccccn6)ccc4-5)cc3)ccc2-c2ccc(N(c3ccccc3)c3ccccn3)cc21. The van der Waals surface area contributed by atoms with Crippen molar-refractivity contribution in [2.24, 2.45) is 0 Å². The summed E-state index contributed by atoms with van der Waals surface area (Å²) in [6.07, 6.45) is 12.6. The van der Waals surface area contributed by atoms with Gasteiger partial charge in [-0.05, 0) is 140 Å². The van der Waals surface area contributed by atoms with Crippen LogP contribution in [0.25, 0.3) is 46.6 Å². The number of pyridine rings is 2. The van der Waals surface area contributed by atoms with Gasteiger partial charge in [-0.15, -0.1) is 0 Å². The average molecular weight is 851 g/mol. The lowest BCUT2D eigenvalue weighted by atomic mass is 9.81. The maximum atomic E-state index is 4.74. The van der Waals surface area contributed by atoms with E-state index in [1.54, 1.807) is 0 Å². The summed E-state index contributed by atoms with van der Waals surface area (Å²) in [5.74, 6) is 1.79. The molecule has 0 aliphatic heterocycles. The molecule has 11 rings (SSSR count). The third-order valence-electron chi connectivity index (χ3n) is 13.5. The maximum absolute atomic E-state index is 4.74. The summed E-state index contributed by atoms with van der Waals surface area (Å²) < 4.78 is 0. The Morgan fingerprint density at radius 1 is 0.318 bits per heavy atom. The average Bonchev–Trinajstić information content (AvgIpc) is 3.72. The molecule has 2 heterocycles. The molecule has 0 fully saturated rings. The van der Waals surface area contributed by atoms with Crippen molar-refractivity contribution < 1.29 is 0 Å². The summed E-state index contributed by atoms with van der Waals surface area (Å²) in [6, 6.07) is 69.5. The molecule has 0 amide bonds. The summed E-state index contributed by atoms with van der Waals surface area (Å²) in [7, 11) is 0. The zero-order valence-electron chi connectivity index (χ0n) is 37.7. The van der Waals surface area contributed by atoms with E-state index in [1.807, 2.05) is 36.7 Å². The van der Waals surface area contributed by atoms with Gasteiger partial charge >= 0.3 is 0 Å². The van der Waals surface area contributed by atoms with Crippen LogP contribution in [0.2, 0.25) is 0 Å². The molecular weight excluding hydrogens is 801 g/mol. The van der Waals surface area contributed by atoms with Crippen molar-refractivity contribution in [2.45, 2.75) is 38.5 Å². The molecule has 7 aromatic carbocycles. The highest BCUT2D eigenvalue weighted by atomic mass is 15.2. The van der Waals surface area contributed by atoms with E-state index in [9.17, 15) is 0 Å². The molecule has 4 heteroatoms. The number of rotatable bonds is 10. The molecule has 0 atom stereocenters. The second kappa shape index (κ2) is 16.5. The summed E-state index contributed by atoms with van der Waals surface area (Å²) in [5, 5.41) is 0. The van der Waals surface area contributed by atoms with Gasteiger partial charge in [0.15, 0.2) is 0 Å². The maximum Gasteiger partial charge on any atom is 0.137 e. The largest absolute Gasteiger partial charge is 0.295 e. The molecule has 0 radical (unpaired) electrons. The highest BCUT2D eigenvalue weighted by molar-refractivity contribution is 5.88. The van der Waals surface area contributed by atoms with E-state index in [0.717, 1.165) is 34.4 Å². The summed E-state index contributed by atoms with van der Waals surface area (Å²) in [4.78, 5) is 13.9. The lowest BCUT2D eigenvalue weighted by Crippen LogP contribution is -2.17. The van der Waals surface area contributed by atoms with Crippen molar-refractivity contribution in [3.8, 4) is 22.3 Å². The highest BCUT2D eigenvalue weighted by Gasteiger charge is 2.37. The van der Waals surface area contributed by atoms with Gasteiger partial charge in [0.05, 0.1) is 0 Å². The van der Waals surface area contributed by atoms with Crippen LogP contribution in [0.15, 0.2) is 207 Å². The molecule has 0 spiro atoms.